The minimum absolute atomic E-state index is 0.0128. The molecule has 8 heteroatoms. The molecule has 0 spiro atoms. The average Bonchev–Trinajstić information content (AvgIpc) is 2.64. The Morgan fingerprint density at radius 2 is 2.18 bits per heavy atom. The van der Waals surface area contributed by atoms with Gasteiger partial charge in [-0.1, -0.05) is 0 Å². The van der Waals surface area contributed by atoms with Crippen LogP contribution in [0.15, 0.2) is 17.3 Å². The zero-order valence-electron chi connectivity index (χ0n) is 9.79. The second kappa shape index (κ2) is 5.05. The maximum absolute atomic E-state index is 11.7. The van der Waals surface area contributed by atoms with E-state index >= 15 is 0 Å². The highest BCUT2D eigenvalue weighted by Gasteiger charge is 2.16. The number of halogens is 1. The van der Waals surface area contributed by atoms with Gasteiger partial charge in [-0.3, -0.25) is 9.48 Å². The molecule has 0 bridgehead atoms. The van der Waals surface area contributed by atoms with Crippen LogP contribution in [-0.2, 0) is 20.4 Å². The van der Waals surface area contributed by atoms with Crippen molar-refractivity contribution in [3.05, 3.63) is 12.4 Å². The minimum Gasteiger partial charge on any atom is -0.342 e. The summed E-state index contributed by atoms with van der Waals surface area (Å²) in [6.45, 7) is 3.76. The van der Waals surface area contributed by atoms with Crippen LogP contribution in [0.3, 0.4) is 0 Å². The monoisotopic (exact) mass is 279 g/mol. The molecule has 1 heterocycles. The molecule has 0 N–H and O–H groups in total. The Kier molecular flexibility index (Phi) is 4.16. The second-order valence-electron chi connectivity index (χ2n) is 3.91. The summed E-state index contributed by atoms with van der Waals surface area (Å²) in [5, 5.41) is 3.77. The summed E-state index contributed by atoms with van der Waals surface area (Å²) in [7, 11) is 3.03. The third-order valence-corrected chi connectivity index (χ3v) is 3.66. The molecule has 0 saturated heterocycles. The van der Waals surface area contributed by atoms with Gasteiger partial charge in [0, 0.05) is 30.0 Å². The molecule has 1 aromatic heterocycles. The molecule has 0 aliphatic heterocycles. The second-order valence-corrected chi connectivity index (χ2v) is 6.48. The first-order valence-corrected chi connectivity index (χ1v) is 7.25. The number of aromatic nitrogens is 2. The zero-order chi connectivity index (χ0) is 13.2. The first-order valence-electron chi connectivity index (χ1n) is 4.94. The molecule has 1 aromatic rings. The molecule has 0 unspecified atom stereocenters. The fourth-order valence-electron chi connectivity index (χ4n) is 1.10. The average molecular weight is 280 g/mol. The summed E-state index contributed by atoms with van der Waals surface area (Å²) in [4.78, 5) is 13.1. The van der Waals surface area contributed by atoms with Crippen molar-refractivity contribution in [3.8, 4) is 0 Å². The molecule has 17 heavy (non-hydrogen) atoms. The largest absolute Gasteiger partial charge is 0.342 e. The quantitative estimate of drug-likeness (QED) is 0.760. The van der Waals surface area contributed by atoms with E-state index in [0.29, 0.717) is 0 Å². The highest BCUT2D eigenvalue weighted by molar-refractivity contribution is 8.13. The van der Waals surface area contributed by atoms with Gasteiger partial charge < -0.3 is 4.90 Å². The molecule has 0 atom stereocenters. The number of hydrogen-bond donors (Lipinski definition) is 0. The molecule has 6 nitrogen and oxygen atoms in total. The summed E-state index contributed by atoms with van der Waals surface area (Å²) < 4.78 is 23.2. The molecule has 1 amide bonds. The van der Waals surface area contributed by atoms with Gasteiger partial charge in [-0.15, -0.1) is 0 Å². The van der Waals surface area contributed by atoms with Gasteiger partial charge in [-0.05, 0) is 13.8 Å². The predicted octanol–water partition coefficient (Wildman–Crippen LogP) is 0.677. The van der Waals surface area contributed by atoms with E-state index in [4.69, 9.17) is 10.7 Å². The summed E-state index contributed by atoms with van der Waals surface area (Å²) >= 11 is 0. The lowest BCUT2D eigenvalue weighted by Gasteiger charge is -2.21. The highest BCUT2D eigenvalue weighted by atomic mass is 35.7. The normalized spacial score (nSPS) is 11.8. The van der Waals surface area contributed by atoms with E-state index in [9.17, 15) is 13.2 Å². The molecule has 0 aromatic carbocycles. The fourth-order valence-corrected chi connectivity index (χ4v) is 1.75. The number of carbonyl (C=O) groups excluding carboxylic acids is 1. The fraction of sp³-hybridized carbons (Fsp3) is 0.556. The number of rotatable bonds is 4. The number of nitrogens with zero attached hydrogens (tertiary/aromatic N) is 3. The number of hydrogen-bond acceptors (Lipinski definition) is 4. The molecule has 0 radical (unpaired) electrons. The minimum atomic E-state index is -3.79. The van der Waals surface area contributed by atoms with Crippen LogP contribution in [0.5, 0.6) is 0 Å². The van der Waals surface area contributed by atoms with Gasteiger partial charge >= 0.3 is 0 Å². The standard InChI is InChI=1S/C9H14ClN3O3S/c1-7(2)12(3)9(14)6-13-5-8(4-11-13)17(10,15)16/h4-5,7H,6H2,1-3H3. The van der Waals surface area contributed by atoms with Crippen molar-refractivity contribution in [1.29, 1.82) is 0 Å². The van der Waals surface area contributed by atoms with Crippen molar-refractivity contribution >= 4 is 25.6 Å². The van der Waals surface area contributed by atoms with Crippen LogP contribution < -0.4 is 0 Å². The van der Waals surface area contributed by atoms with Crippen LogP contribution >= 0.6 is 10.7 Å². The Morgan fingerprint density at radius 3 is 2.59 bits per heavy atom. The molecule has 0 fully saturated rings. The van der Waals surface area contributed by atoms with Gasteiger partial charge in [0.05, 0.1) is 6.20 Å². The SMILES string of the molecule is CC(C)N(C)C(=O)Cn1cc(S(=O)(=O)Cl)cn1. The van der Waals surface area contributed by atoms with Crippen LogP contribution in [0.25, 0.3) is 0 Å². The molecular weight excluding hydrogens is 266 g/mol. The first-order chi connectivity index (χ1) is 7.71. The van der Waals surface area contributed by atoms with E-state index in [2.05, 4.69) is 5.10 Å². The summed E-state index contributed by atoms with van der Waals surface area (Å²) in [5.74, 6) is -0.151. The lowest BCUT2D eigenvalue weighted by Crippen LogP contribution is -2.35. The Hall–Kier alpha value is -1.08. The van der Waals surface area contributed by atoms with Gasteiger partial charge in [-0.25, -0.2) is 8.42 Å². The third-order valence-electron chi connectivity index (χ3n) is 2.36. The lowest BCUT2D eigenvalue weighted by atomic mass is 10.3. The van der Waals surface area contributed by atoms with Crippen LogP contribution in [0.1, 0.15) is 13.8 Å². The third kappa shape index (κ3) is 3.71. The van der Waals surface area contributed by atoms with E-state index in [0.717, 1.165) is 6.20 Å². The molecule has 0 aliphatic rings. The van der Waals surface area contributed by atoms with Gasteiger partial charge in [0.1, 0.15) is 11.4 Å². The van der Waals surface area contributed by atoms with Crippen molar-refractivity contribution in [2.75, 3.05) is 7.05 Å². The van der Waals surface area contributed by atoms with Gasteiger partial charge in [0.25, 0.3) is 9.05 Å². The van der Waals surface area contributed by atoms with Crippen LogP contribution in [-0.4, -0.2) is 42.1 Å². The summed E-state index contributed by atoms with van der Waals surface area (Å²) in [6.07, 6.45) is 2.35. The van der Waals surface area contributed by atoms with Crippen molar-refractivity contribution in [2.24, 2.45) is 0 Å². The number of carbonyl (C=O) groups is 1. The molecule has 0 saturated carbocycles. The Labute approximate surface area is 105 Å². The summed E-state index contributed by atoms with van der Waals surface area (Å²) in [6, 6.07) is 0.0780. The maximum atomic E-state index is 11.7. The van der Waals surface area contributed by atoms with E-state index in [1.807, 2.05) is 13.8 Å². The lowest BCUT2D eigenvalue weighted by molar-refractivity contribution is -0.132. The Balaban J connectivity index is 2.77. The van der Waals surface area contributed by atoms with Crippen molar-refractivity contribution in [1.82, 2.24) is 14.7 Å². The van der Waals surface area contributed by atoms with E-state index in [1.165, 1.54) is 10.9 Å². The molecule has 0 aliphatic carbocycles. The van der Waals surface area contributed by atoms with Crippen LogP contribution in [0.4, 0.5) is 0 Å². The van der Waals surface area contributed by atoms with Gasteiger partial charge in [-0.2, -0.15) is 5.10 Å². The Bertz CT molecular complexity index is 509. The Morgan fingerprint density at radius 1 is 1.59 bits per heavy atom. The van der Waals surface area contributed by atoms with Gasteiger partial charge in [0.15, 0.2) is 0 Å². The van der Waals surface area contributed by atoms with Crippen molar-refractivity contribution < 1.29 is 13.2 Å². The summed E-state index contributed by atoms with van der Waals surface area (Å²) in [5.41, 5.74) is 0. The maximum Gasteiger partial charge on any atom is 0.264 e. The molecule has 1 rings (SSSR count). The van der Waals surface area contributed by atoms with Crippen molar-refractivity contribution in [2.45, 2.75) is 31.3 Å². The van der Waals surface area contributed by atoms with E-state index in [-0.39, 0.29) is 23.4 Å². The van der Waals surface area contributed by atoms with E-state index < -0.39 is 9.05 Å². The first kappa shape index (κ1) is 14.0. The number of likely N-dealkylation sites (N-methyl/N-ethyl adjacent to an activating group) is 1. The van der Waals surface area contributed by atoms with E-state index in [1.54, 1.807) is 11.9 Å². The molecular formula is C9H14ClN3O3S. The predicted molar refractivity (Wildman–Crippen MR) is 63.2 cm³/mol. The smallest absolute Gasteiger partial charge is 0.264 e. The highest BCUT2D eigenvalue weighted by Crippen LogP contribution is 2.13. The number of amides is 1. The topological polar surface area (TPSA) is 72.3 Å². The van der Waals surface area contributed by atoms with Crippen molar-refractivity contribution in [3.63, 3.8) is 0 Å². The van der Waals surface area contributed by atoms with Crippen LogP contribution in [0, 0.1) is 0 Å². The van der Waals surface area contributed by atoms with Gasteiger partial charge in [0.2, 0.25) is 5.91 Å². The molecule has 96 valence electrons. The van der Waals surface area contributed by atoms with Crippen LogP contribution in [0.2, 0.25) is 0 Å². The zero-order valence-corrected chi connectivity index (χ0v) is 11.4.